The zero-order chi connectivity index (χ0) is 10.6. The monoisotopic (exact) mass is 196 g/mol. The van der Waals surface area contributed by atoms with Crippen LogP contribution in [0.4, 0.5) is 0 Å². The molecule has 0 bridgehead atoms. The van der Waals surface area contributed by atoms with Gasteiger partial charge < -0.3 is 5.11 Å². The molecule has 0 atom stereocenters. The molecule has 1 rings (SSSR count). The van der Waals surface area contributed by atoms with E-state index < -0.39 is 5.97 Å². The van der Waals surface area contributed by atoms with Gasteiger partial charge in [-0.3, -0.25) is 9.48 Å². The number of aromatic nitrogens is 2. The molecule has 1 aromatic rings. The smallest absolute Gasteiger partial charge is 0.303 e. The Morgan fingerprint density at radius 3 is 2.93 bits per heavy atom. The van der Waals surface area contributed by atoms with E-state index in [9.17, 15) is 4.79 Å². The van der Waals surface area contributed by atoms with E-state index in [-0.39, 0.29) is 6.42 Å². The summed E-state index contributed by atoms with van der Waals surface area (Å²) in [5, 5.41) is 12.7. The molecule has 1 heterocycles. The summed E-state index contributed by atoms with van der Waals surface area (Å²) in [7, 11) is 0. The van der Waals surface area contributed by atoms with Crippen molar-refractivity contribution in [2.24, 2.45) is 5.92 Å². The van der Waals surface area contributed by atoms with Crippen LogP contribution >= 0.6 is 0 Å². The fraction of sp³-hybridized carbons (Fsp3) is 0.600. The number of carboxylic acids is 1. The fourth-order valence-corrected chi connectivity index (χ4v) is 1.32. The molecule has 0 fully saturated rings. The quantitative estimate of drug-likeness (QED) is 0.777. The maximum atomic E-state index is 10.4. The Kier molecular flexibility index (Phi) is 3.68. The largest absolute Gasteiger partial charge is 0.481 e. The summed E-state index contributed by atoms with van der Waals surface area (Å²) < 4.78 is 1.88. The lowest BCUT2D eigenvalue weighted by Gasteiger charge is -2.08. The van der Waals surface area contributed by atoms with Crippen molar-refractivity contribution in [2.75, 3.05) is 0 Å². The normalized spacial score (nSPS) is 10.8. The molecule has 1 N–H and O–H groups in total. The molecule has 4 nitrogen and oxygen atoms in total. The summed E-state index contributed by atoms with van der Waals surface area (Å²) >= 11 is 0. The number of aliphatic carboxylic acids is 1. The number of rotatable bonds is 5. The highest BCUT2D eigenvalue weighted by atomic mass is 16.4. The highest BCUT2D eigenvalue weighted by Crippen LogP contribution is 2.06. The zero-order valence-corrected chi connectivity index (χ0v) is 8.60. The van der Waals surface area contributed by atoms with Crippen LogP contribution < -0.4 is 0 Å². The molecule has 0 saturated carbocycles. The van der Waals surface area contributed by atoms with E-state index in [1.807, 2.05) is 10.7 Å². The summed E-state index contributed by atoms with van der Waals surface area (Å²) in [6.07, 6.45) is 2.45. The third-order valence-electron chi connectivity index (χ3n) is 1.94. The van der Waals surface area contributed by atoms with E-state index in [0.717, 1.165) is 12.2 Å². The molecule has 4 heteroatoms. The summed E-state index contributed by atoms with van der Waals surface area (Å²) in [5.74, 6) is -0.235. The van der Waals surface area contributed by atoms with Gasteiger partial charge in [-0.15, -0.1) is 0 Å². The number of carboxylic acid groups (broad SMARTS) is 1. The maximum Gasteiger partial charge on any atom is 0.303 e. The van der Waals surface area contributed by atoms with Crippen LogP contribution in [0, 0.1) is 5.92 Å². The first-order valence-corrected chi connectivity index (χ1v) is 4.82. The van der Waals surface area contributed by atoms with Gasteiger partial charge in [-0.2, -0.15) is 5.10 Å². The predicted octanol–water partition coefficient (Wildman–Crippen LogP) is 1.56. The van der Waals surface area contributed by atoms with Crippen LogP contribution in [0.2, 0.25) is 0 Å². The SMILES string of the molecule is CC(C)Cn1nccc1CCC(=O)O. The first-order valence-electron chi connectivity index (χ1n) is 4.82. The second-order valence-electron chi connectivity index (χ2n) is 3.79. The van der Waals surface area contributed by atoms with Gasteiger partial charge in [-0.1, -0.05) is 13.8 Å². The Hall–Kier alpha value is -1.32. The number of hydrogen-bond donors (Lipinski definition) is 1. The summed E-state index contributed by atoms with van der Waals surface area (Å²) in [6.45, 7) is 5.08. The number of nitrogens with zero attached hydrogens (tertiary/aromatic N) is 2. The molecule has 1 aromatic heterocycles. The van der Waals surface area contributed by atoms with Crippen molar-refractivity contribution in [3.63, 3.8) is 0 Å². The molecule has 14 heavy (non-hydrogen) atoms. The van der Waals surface area contributed by atoms with Gasteiger partial charge in [0.25, 0.3) is 0 Å². The zero-order valence-electron chi connectivity index (χ0n) is 8.60. The van der Waals surface area contributed by atoms with Gasteiger partial charge >= 0.3 is 5.97 Å². The second kappa shape index (κ2) is 4.79. The van der Waals surface area contributed by atoms with Crippen molar-refractivity contribution in [1.82, 2.24) is 9.78 Å². The van der Waals surface area contributed by atoms with Crippen LogP contribution in [0.5, 0.6) is 0 Å². The lowest BCUT2D eigenvalue weighted by atomic mass is 10.2. The maximum absolute atomic E-state index is 10.4. The van der Waals surface area contributed by atoms with Crippen LogP contribution in [0.3, 0.4) is 0 Å². The van der Waals surface area contributed by atoms with Gasteiger partial charge in [-0.05, 0) is 18.4 Å². The number of carbonyl (C=O) groups is 1. The third kappa shape index (κ3) is 3.20. The minimum absolute atomic E-state index is 0.170. The molecule has 0 aromatic carbocycles. The molecule has 0 aliphatic carbocycles. The molecule has 0 unspecified atom stereocenters. The van der Waals surface area contributed by atoms with Crippen LogP contribution in [-0.2, 0) is 17.8 Å². The Labute approximate surface area is 83.5 Å². The van der Waals surface area contributed by atoms with Gasteiger partial charge in [0.05, 0.1) is 6.42 Å². The van der Waals surface area contributed by atoms with E-state index in [4.69, 9.17) is 5.11 Å². The minimum Gasteiger partial charge on any atom is -0.481 e. The topological polar surface area (TPSA) is 55.1 Å². The summed E-state index contributed by atoms with van der Waals surface area (Å²) in [5.41, 5.74) is 1.00. The van der Waals surface area contributed by atoms with E-state index in [0.29, 0.717) is 12.3 Å². The molecular formula is C10H16N2O2. The molecule has 0 amide bonds. The van der Waals surface area contributed by atoms with E-state index >= 15 is 0 Å². The van der Waals surface area contributed by atoms with Crippen molar-refractivity contribution in [1.29, 1.82) is 0 Å². The molecule has 0 saturated heterocycles. The predicted molar refractivity (Wildman–Crippen MR) is 53.0 cm³/mol. The van der Waals surface area contributed by atoms with Gasteiger partial charge in [0, 0.05) is 18.4 Å². The Morgan fingerprint density at radius 1 is 1.64 bits per heavy atom. The van der Waals surface area contributed by atoms with Crippen LogP contribution in [-0.4, -0.2) is 20.9 Å². The molecule has 0 aliphatic heterocycles. The van der Waals surface area contributed by atoms with Crippen molar-refractivity contribution >= 4 is 5.97 Å². The average molecular weight is 196 g/mol. The highest BCUT2D eigenvalue weighted by Gasteiger charge is 2.06. The highest BCUT2D eigenvalue weighted by molar-refractivity contribution is 5.66. The molecule has 78 valence electrons. The molecule has 0 aliphatic rings. The molecule has 0 spiro atoms. The lowest BCUT2D eigenvalue weighted by molar-refractivity contribution is -0.136. The fourth-order valence-electron chi connectivity index (χ4n) is 1.32. The average Bonchev–Trinajstić information content (AvgIpc) is 2.47. The van der Waals surface area contributed by atoms with Gasteiger partial charge in [0.15, 0.2) is 0 Å². The summed E-state index contributed by atoms with van der Waals surface area (Å²) in [4.78, 5) is 10.4. The van der Waals surface area contributed by atoms with Crippen molar-refractivity contribution < 1.29 is 9.90 Å². The van der Waals surface area contributed by atoms with Gasteiger partial charge in [0.2, 0.25) is 0 Å². The number of hydrogen-bond acceptors (Lipinski definition) is 2. The van der Waals surface area contributed by atoms with Gasteiger partial charge in [-0.25, -0.2) is 0 Å². The Morgan fingerprint density at radius 2 is 2.36 bits per heavy atom. The van der Waals surface area contributed by atoms with E-state index in [2.05, 4.69) is 18.9 Å². The molecule has 0 radical (unpaired) electrons. The third-order valence-corrected chi connectivity index (χ3v) is 1.94. The Balaban J connectivity index is 2.58. The van der Waals surface area contributed by atoms with Gasteiger partial charge in [0.1, 0.15) is 0 Å². The Bertz CT molecular complexity index is 305. The standard InChI is InChI=1S/C10H16N2O2/c1-8(2)7-12-9(5-6-11-12)3-4-10(13)14/h5-6,8H,3-4,7H2,1-2H3,(H,13,14). The summed E-state index contributed by atoms with van der Waals surface area (Å²) in [6, 6.07) is 1.88. The van der Waals surface area contributed by atoms with Crippen molar-refractivity contribution in [3.8, 4) is 0 Å². The second-order valence-corrected chi connectivity index (χ2v) is 3.79. The van der Waals surface area contributed by atoms with E-state index in [1.165, 1.54) is 0 Å². The van der Waals surface area contributed by atoms with E-state index in [1.54, 1.807) is 6.20 Å². The van der Waals surface area contributed by atoms with Crippen molar-refractivity contribution in [3.05, 3.63) is 18.0 Å². The van der Waals surface area contributed by atoms with Crippen LogP contribution in [0.1, 0.15) is 26.0 Å². The lowest BCUT2D eigenvalue weighted by Crippen LogP contribution is -2.10. The number of aryl methyl sites for hydroxylation is 1. The minimum atomic E-state index is -0.762. The molecular weight excluding hydrogens is 180 g/mol. The first kappa shape index (κ1) is 10.8. The van der Waals surface area contributed by atoms with Crippen LogP contribution in [0.15, 0.2) is 12.3 Å². The first-order chi connectivity index (χ1) is 6.59. The van der Waals surface area contributed by atoms with Crippen LogP contribution in [0.25, 0.3) is 0 Å². The van der Waals surface area contributed by atoms with Crippen molar-refractivity contribution in [2.45, 2.75) is 33.2 Å².